The monoisotopic (exact) mass is 401 g/mol. The van der Waals surface area contributed by atoms with E-state index in [4.69, 9.17) is 11.5 Å². The van der Waals surface area contributed by atoms with E-state index in [0.717, 1.165) is 26.6 Å². The minimum atomic E-state index is -0.309. The van der Waals surface area contributed by atoms with Crippen LogP contribution >= 0.6 is 27.7 Å². The number of hydrogen-bond donors (Lipinski definition) is 2. The Kier molecular flexibility index (Phi) is 4.09. The fourth-order valence-electron chi connectivity index (χ4n) is 2.84. The van der Waals surface area contributed by atoms with E-state index in [1.807, 2.05) is 64.4 Å². The van der Waals surface area contributed by atoms with E-state index >= 15 is 0 Å². The van der Waals surface area contributed by atoms with Crippen LogP contribution in [-0.2, 0) is 0 Å². The Balaban J connectivity index is 1.69. The number of anilines is 2. The first-order chi connectivity index (χ1) is 11.6. The largest absolute Gasteiger partial charge is 0.312 e. The molecule has 0 aromatic heterocycles. The van der Waals surface area contributed by atoms with Crippen LogP contribution in [0.4, 0.5) is 11.4 Å². The summed E-state index contributed by atoms with van der Waals surface area (Å²) in [5, 5.41) is 0. The van der Waals surface area contributed by atoms with Gasteiger partial charge in [0.15, 0.2) is 0 Å². The molecule has 2 heterocycles. The fourth-order valence-corrected chi connectivity index (χ4v) is 4.32. The van der Waals surface area contributed by atoms with Crippen molar-refractivity contribution in [1.29, 1.82) is 0 Å². The molecule has 0 saturated heterocycles. The van der Waals surface area contributed by atoms with Gasteiger partial charge in [-0.1, -0.05) is 52.0 Å². The third-order valence-electron chi connectivity index (χ3n) is 3.96. The van der Waals surface area contributed by atoms with E-state index in [1.165, 1.54) is 0 Å². The zero-order valence-electron chi connectivity index (χ0n) is 12.7. The smallest absolute Gasteiger partial charge is 0.150 e. The van der Waals surface area contributed by atoms with Crippen LogP contribution in [0.3, 0.4) is 0 Å². The Morgan fingerprint density at radius 3 is 2.50 bits per heavy atom. The van der Waals surface area contributed by atoms with E-state index in [2.05, 4.69) is 20.9 Å². The van der Waals surface area contributed by atoms with Crippen LogP contribution in [0.25, 0.3) is 0 Å². The van der Waals surface area contributed by atoms with Gasteiger partial charge in [0, 0.05) is 15.8 Å². The lowest BCUT2D eigenvalue weighted by molar-refractivity contribution is 0.797. The molecule has 24 heavy (non-hydrogen) atoms. The highest BCUT2D eigenvalue weighted by molar-refractivity contribution is 9.10. The molecule has 2 unspecified atom stereocenters. The molecule has 2 aliphatic heterocycles. The fraction of sp³-hybridized carbons (Fsp3) is 0.118. The predicted octanol–water partition coefficient (Wildman–Crippen LogP) is 3.25. The number of benzene rings is 2. The maximum absolute atomic E-state index is 6.51. The van der Waals surface area contributed by atoms with Gasteiger partial charge in [-0.3, -0.25) is 4.90 Å². The maximum Gasteiger partial charge on any atom is 0.150 e. The van der Waals surface area contributed by atoms with Gasteiger partial charge >= 0.3 is 0 Å². The van der Waals surface area contributed by atoms with Crippen molar-refractivity contribution in [3.05, 3.63) is 69.8 Å². The molecule has 0 spiro atoms. The highest BCUT2D eigenvalue weighted by atomic mass is 79.9. The molecule has 0 saturated carbocycles. The Morgan fingerprint density at radius 1 is 1.00 bits per heavy atom. The number of halogens is 1. The minimum absolute atomic E-state index is 0.233. The molecular formula is C17H16BrN5S. The molecule has 5 nitrogen and oxygen atoms in total. The maximum atomic E-state index is 6.51. The second-order valence-corrected chi connectivity index (χ2v) is 7.55. The van der Waals surface area contributed by atoms with Crippen molar-refractivity contribution in [3.63, 3.8) is 0 Å². The first-order valence-corrected chi connectivity index (χ1v) is 9.17. The van der Waals surface area contributed by atoms with E-state index in [-0.39, 0.29) is 11.7 Å². The van der Waals surface area contributed by atoms with Crippen molar-refractivity contribution >= 4 is 45.4 Å². The molecular weight excluding hydrogens is 386 g/mol. The molecule has 2 aromatic rings. The van der Waals surface area contributed by atoms with Gasteiger partial charge in [0.05, 0.1) is 11.2 Å². The van der Waals surface area contributed by atoms with Crippen LogP contribution in [0.2, 0.25) is 0 Å². The van der Waals surface area contributed by atoms with Crippen molar-refractivity contribution in [2.75, 3.05) is 9.80 Å². The number of aliphatic imine (C=N–C) groups is 1. The SMILES string of the molecule is NC1C2=C(N=CN1c1cccc(Br)c1)N(c1ccccc1)C(N)S2. The number of nitrogens with two attached hydrogens (primary N) is 2. The topological polar surface area (TPSA) is 70.9 Å². The summed E-state index contributed by atoms with van der Waals surface area (Å²) in [5.41, 5.74) is 14.6. The quantitative estimate of drug-likeness (QED) is 0.807. The van der Waals surface area contributed by atoms with Crippen LogP contribution in [0.1, 0.15) is 0 Å². The lowest BCUT2D eigenvalue weighted by Gasteiger charge is -2.31. The molecule has 0 fully saturated rings. The molecule has 2 aliphatic rings. The number of thioether (sulfide) groups is 1. The van der Waals surface area contributed by atoms with Crippen LogP contribution in [0.15, 0.2) is 74.8 Å². The summed E-state index contributed by atoms with van der Waals surface area (Å²) in [7, 11) is 0. The molecule has 2 aromatic carbocycles. The Morgan fingerprint density at radius 2 is 1.75 bits per heavy atom. The number of hydrogen-bond acceptors (Lipinski definition) is 6. The highest BCUT2D eigenvalue weighted by Gasteiger charge is 2.38. The molecule has 0 radical (unpaired) electrons. The zero-order valence-corrected chi connectivity index (χ0v) is 15.1. The van der Waals surface area contributed by atoms with Crippen molar-refractivity contribution < 1.29 is 0 Å². The van der Waals surface area contributed by atoms with Gasteiger partial charge in [-0.25, -0.2) is 4.99 Å². The predicted molar refractivity (Wildman–Crippen MR) is 105 cm³/mol. The van der Waals surface area contributed by atoms with E-state index < -0.39 is 0 Å². The third kappa shape index (κ3) is 2.63. The van der Waals surface area contributed by atoms with Gasteiger partial charge in [-0.15, -0.1) is 0 Å². The van der Waals surface area contributed by atoms with Crippen LogP contribution in [0, 0.1) is 0 Å². The van der Waals surface area contributed by atoms with Crippen LogP contribution < -0.4 is 21.3 Å². The van der Waals surface area contributed by atoms with Gasteiger partial charge < -0.3 is 16.4 Å². The summed E-state index contributed by atoms with van der Waals surface area (Å²) in [6.45, 7) is 0. The Hall–Kier alpha value is -1.80. The summed E-state index contributed by atoms with van der Waals surface area (Å²) in [6, 6.07) is 18.0. The molecule has 4 rings (SSSR count). The van der Waals surface area contributed by atoms with E-state index in [0.29, 0.717) is 0 Å². The molecule has 7 heteroatoms. The zero-order chi connectivity index (χ0) is 16.7. The molecule has 0 amide bonds. The minimum Gasteiger partial charge on any atom is -0.312 e. The third-order valence-corrected chi connectivity index (χ3v) is 5.59. The van der Waals surface area contributed by atoms with Crippen molar-refractivity contribution in [3.8, 4) is 0 Å². The summed E-state index contributed by atoms with van der Waals surface area (Å²) in [6.07, 6.45) is 1.47. The molecule has 2 atom stereocenters. The summed E-state index contributed by atoms with van der Waals surface area (Å²) < 4.78 is 1.00. The van der Waals surface area contributed by atoms with Gasteiger partial charge in [0.2, 0.25) is 0 Å². The lowest BCUT2D eigenvalue weighted by Crippen LogP contribution is -2.44. The second kappa shape index (κ2) is 6.25. The average Bonchev–Trinajstić information content (AvgIpc) is 2.93. The molecule has 4 N–H and O–H groups in total. The van der Waals surface area contributed by atoms with Crippen molar-refractivity contribution in [1.82, 2.24) is 0 Å². The van der Waals surface area contributed by atoms with Gasteiger partial charge in [0.1, 0.15) is 17.5 Å². The highest BCUT2D eigenvalue weighted by Crippen LogP contribution is 2.43. The van der Waals surface area contributed by atoms with Crippen LogP contribution in [0.5, 0.6) is 0 Å². The molecule has 122 valence electrons. The number of rotatable bonds is 2. The van der Waals surface area contributed by atoms with Gasteiger partial charge in [-0.2, -0.15) is 0 Å². The normalized spacial score (nSPS) is 23.0. The van der Waals surface area contributed by atoms with Crippen molar-refractivity contribution in [2.45, 2.75) is 11.7 Å². The number of para-hydroxylation sites is 1. The average molecular weight is 402 g/mol. The van der Waals surface area contributed by atoms with E-state index in [9.17, 15) is 0 Å². The Labute approximate surface area is 153 Å². The Bertz CT molecular complexity index is 823. The summed E-state index contributed by atoms with van der Waals surface area (Å²) >= 11 is 5.05. The first-order valence-electron chi connectivity index (χ1n) is 7.49. The molecule has 0 bridgehead atoms. The summed E-state index contributed by atoms with van der Waals surface area (Å²) in [5.74, 6) is 0.831. The van der Waals surface area contributed by atoms with Gasteiger partial charge in [0.25, 0.3) is 0 Å². The second-order valence-electron chi connectivity index (χ2n) is 5.48. The first kappa shape index (κ1) is 15.7. The van der Waals surface area contributed by atoms with Crippen molar-refractivity contribution in [2.24, 2.45) is 16.5 Å². The van der Waals surface area contributed by atoms with E-state index in [1.54, 1.807) is 18.1 Å². The molecule has 0 aliphatic carbocycles. The van der Waals surface area contributed by atoms with Gasteiger partial charge in [-0.05, 0) is 30.3 Å². The lowest BCUT2D eigenvalue weighted by atomic mass is 10.2. The summed E-state index contributed by atoms with van der Waals surface area (Å²) in [4.78, 5) is 9.61. The standard InChI is InChI=1S/C17H16BrN5S/c18-11-5-4-8-13(9-11)22-10-21-16-14(15(22)19)24-17(20)23(16)12-6-2-1-3-7-12/h1-10,15,17H,19-20H2. The number of nitrogens with zero attached hydrogens (tertiary/aromatic N) is 3. The van der Waals surface area contributed by atoms with Crippen LogP contribution in [-0.4, -0.2) is 18.0 Å².